The van der Waals surface area contributed by atoms with Gasteiger partial charge in [0.1, 0.15) is 17.4 Å². The molecule has 0 spiro atoms. The largest absolute Gasteiger partial charge is 0.496 e. The van der Waals surface area contributed by atoms with Gasteiger partial charge in [-0.15, -0.1) is 0 Å². The third-order valence-corrected chi connectivity index (χ3v) is 4.24. The molecule has 23 heavy (non-hydrogen) atoms. The molecule has 0 saturated carbocycles. The maximum Gasteiger partial charge on any atom is 0.358 e. The summed E-state index contributed by atoms with van der Waals surface area (Å²) in [7, 11) is 1.49. The molecule has 1 heterocycles. The van der Waals surface area contributed by atoms with Crippen LogP contribution in [0.5, 0.6) is 5.75 Å². The first kappa shape index (κ1) is 17.9. The van der Waals surface area contributed by atoms with E-state index in [0.717, 1.165) is 0 Å². The number of carbonyl (C=O) groups is 1. The summed E-state index contributed by atoms with van der Waals surface area (Å²) in [6.07, 6.45) is 0. The number of nitrogens with zero attached hydrogens (tertiary/aromatic N) is 1. The summed E-state index contributed by atoms with van der Waals surface area (Å²) in [6.45, 7) is -0.0965. The Morgan fingerprint density at radius 3 is 2.57 bits per heavy atom. The Morgan fingerprint density at radius 1 is 1.22 bits per heavy atom. The summed E-state index contributed by atoms with van der Waals surface area (Å²) in [5.41, 5.74) is 5.98. The van der Waals surface area contributed by atoms with Crippen molar-refractivity contribution in [3.63, 3.8) is 0 Å². The Hall–Kier alpha value is -1.40. The minimum atomic E-state index is -0.803. The number of carbonyl (C=O) groups excluding carboxylic acids is 1. The molecule has 0 radical (unpaired) electrons. The highest BCUT2D eigenvalue weighted by atomic mass is 35.5. The van der Waals surface area contributed by atoms with E-state index < -0.39 is 5.97 Å². The van der Waals surface area contributed by atoms with Crippen LogP contribution in [0.4, 0.5) is 5.69 Å². The lowest BCUT2D eigenvalue weighted by atomic mass is 10.2. The lowest BCUT2D eigenvalue weighted by Crippen LogP contribution is -2.10. The number of methoxy groups -OCH3 is 1. The highest BCUT2D eigenvalue weighted by Crippen LogP contribution is 2.34. The minimum absolute atomic E-state index is 0.0234. The highest BCUT2D eigenvalue weighted by molar-refractivity contribution is 6.46. The molecule has 2 aromatic rings. The molecule has 0 amide bonds. The average molecular weight is 396 g/mol. The second kappa shape index (κ2) is 7.45. The molecule has 2 N–H and O–H groups in total. The highest BCUT2D eigenvalue weighted by Gasteiger charge is 2.21. The number of anilines is 1. The van der Waals surface area contributed by atoms with Crippen LogP contribution in [0.2, 0.25) is 20.2 Å². The summed E-state index contributed by atoms with van der Waals surface area (Å²) >= 11 is 23.5. The van der Waals surface area contributed by atoms with Gasteiger partial charge in [-0.25, -0.2) is 9.78 Å². The standard InChI is InChI=1S/C14H10Cl4N2O3/c1-22-8-3-2-7(15)4-6(8)5-23-14(21)12-9(16)11(19)10(17)13(18)20-12/h2-4H,5H2,1H3,(H2,19,20). The molecule has 5 nitrogen and oxygen atoms in total. The summed E-state index contributed by atoms with van der Waals surface area (Å²) in [6, 6.07) is 4.93. The fourth-order valence-corrected chi connectivity index (χ4v) is 2.52. The van der Waals surface area contributed by atoms with Crippen molar-refractivity contribution in [1.82, 2.24) is 4.98 Å². The van der Waals surface area contributed by atoms with Crippen molar-refractivity contribution in [2.75, 3.05) is 12.8 Å². The molecule has 1 aromatic carbocycles. The predicted molar refractivity (Wildman–Crippen MR) is 90.8 cm³/mol. The Morgan fingerprint density at radius 2 is 1.91 bits per heavy atom. The first-order chi connectivity index (χ1) is 10.8. The van der Waals surface area contributed by atoms with Gasteiger partial charge in [0.05, 0.1) is 17.8 Å². The minimum Gasteiger partial charge on any atom is -0.496 e. The van der Waals surface area contributed by atoms with Crippen LogP contribution in [0.1, 0.15) is 16.1 Å². The van der Waals surface area contributed by atoms with Gasteiger partial charge in [-0.05, 0) is 18.2 Å². The molecule has 0 unspecified atom stereocenters. The molecular formula is C14H10Cl4N2O3. The number of nitrogen functional groups attached to an aromatic ring is 1. The van der Waals surface area contributed by atoms with E-state index in [1.165, 1.54) is 7.11 Å². The van der Waals surface area contributed by atoms with E-state index in [9.17, 15) is 4.79 Å². The molecule has 2 rings (SSSR count). The first-order valence-electron chi connectivity index (χ1n) is 6.14. The summed E-state index contributed by atoms with van der Waals surface area (Å²) in [5.74, 6) is -0.280. The van der Waals surface area contributed by atoms with Crippen molar-refractivity contribution in [2.24, 2.45) is 0 Å². The normalized spacial score (nSPS) is 10.5. The number of esters is 1. The predicted octanol–water partition coefficient (Wildman–Crippen LogP) is 4.64. The topological polar surface area (TPSA) is 74.4 Å². The van der Waals surface area contributed by atoms with Crippen LogP contribution >= 0.6 is 46.4 Å². The fourth-order valence-electron chi connectivity index (χ4n) is 1.74. The van der Waals surface area contributed by atoms with Crippen molar-refractivity contribution in [2.45, 2.75) is 6.61 Å². The van der Waals surface area contributed by atoms with Crippen molar-refractivity contribution in [3.8, 4) is 5.75 Å². The van der Waals surface area contributed by atoms with E-state index in [-0.39, 0.29) is 33.2 Å². The number of pyridine rings is 1. The van der Waals surface area contributed by atoms with Crippen molar-refractivity contribution >= 4 is 58.1 Å². The van der Waals surface area contributed by atoms with Gasteiger partial charge < -0.3 is 15.2 Å². The Labute approximate surface area is 152 Å². The lowest BCUT2D eigenvalue weighted by Gasteiger charge is -2.11. The molecular weight excluding hydrogens is 386 g/mol. The number of halogens is 4. The van der Waals surface area contributed by atoms with Gasteiger partial charge in [0.15, 0.2) is 10.8 Å². The number of hydrogen-bond acceptors (Lipinski definition) is 5. The average Bonchev–Trinajstić information content (AvgIpc) is 2.54. The second-order valence-corrected chi connectivity index (χ2v) is 5.88. The monoisotopic (exact) mass is 394 g/mol. The molecule has 0 aliphatic carbocycles. The number of benzene rings is 1. The third-order valence-electron chi connectivity index (χ3n) is 2.87. The number of nitrogens with two attached hydrogens (primary N) is 1. The smallest absolute Gasteiger partial charge is 0.358 e. The van der Waals surface area contributed by atoms with E-state index in [2.05, 4.69) is 4.98 Å². The Kier molecular flexibility index (Phi) is 5.81. The van der Waals surface area contributed by atoms with Crippen LogP contribution in [0.3, 0.4) is 0 Å². The molecule has 0 atom stereocenters. The Balaban J connectivity index is 2.23. The van der Waals surface area contributed by atoms with E-state index in [0.29, 0.717) is 16.3 Å². The van der Waals surface area contributed by atoms with Crippen LogP contribution in [-0.2, 0) is 11.3 Å². The maximum atomic E-state index is 12.1. The van der Waals surface area contributed by atoms with Crippen molar-refractivity contribution in [1.29, 1.82) is 0 Å². The maximum absolute atomic E-state index is 12.1. The molecule has 0 bridgehead atoms. The van der Waals surface area contributed by atoms with Gasteiger partial charge in [0.25, 0.3) is 0 Å². The number of hydrogen-bond donors (Lipinski definition) is 1. The van der Waals surface area contributed by atoms with E-state index in [4.69, 9.17) is 61.6 Å². The molecule has 9 heteroatoms. The Bertz CT molecular complexity index is 768. The number of rotatable bonds is 4. The summed E-state index contributed by atoms with van der Waals surface area (Å²) in [5, 5.41) is 0.194. The molecule has 122 valence electrons. The van der Waals surface area contributed by atoms with E-state index in [1.54, 1.807) is 18.2 Å². The zero-order valence-electron chi connectivity index (χ0n) is 11.7. The van der Waals surface area contributed by atoms with Crippen LogP contribution in [0.15, 0.2) is 18.2 Å². The molecule has 0 aliphatic rings. The summed E-state index contributed by atoms with van der Waals surface area (Å²) < 4.78 is 10.3. The SMILES string of the molecule is COc1ccc(Cl)cc1COC(=O)c1nc(Cl)c(Cl)c(N)c1Cl. The van der Waals surface area contributed by atoms with E-state index >= 15 is 0 Å². The molecule has 1 aromatic heterocycles. The van der Waals surface area contributed by atoms with Gasteiger partial charge in [-0.2, -0.15) is 0 Å². The van der Waals surface area contributed by atoms with Gasteiger partial charge in [-0.1, -0.05) is 46.4 Å². The fraction of sp³-hybridized carbons (Fsp3) is 0.143. The van der Waals surface area contributed by atoms with E-state index in [1.807, 2.05) is 0 Å². The lowest BCUT2D eigenvalue weighted by molar-refractivity contribution is 0.0463. The van der Waals surface area contributed by atoms with Gasteiger partial charge in [0.2, 0.25) is 0 Å². The molecule has 0 saturated heterocycles. The van der Waals surface area contributed by atoms with Crippen molar-refractivity contribution in [3.05, 3.63) is 49.7 Å². The quantitative estimate of drug-likeness (QED) is 0.602. The van der Waals surface area contributed by atoms with Gasteiger partial charge in [0, 0.05) is 10.6 Å². The van der Waals surface area contributed by atoms with Crippen LogP contribution in [0, 0.1) is 0 Å². The van der Waals surface area contributed by atoms with Gasteiger partial charge >= 0.3 is 5.97 Å². The zero-order valence-corrected chi connectivity index (χ0v) is 14.7. The third kappa shape index (κ3) is 3.93. The van der Waals surface area contributed by atoms with Crippen LogP contribution in [0.25, 0.3) is 0 Å². The summed E-state index contributed by atoms with van der Waals surface area (Å²) in [4.78, 5) is 15.9. The molecule has 0 fully saturated rings. The molecule has 0 aliphatic heterocycles. The van der Waals surface area contributed by atoms with Crippen LogP contribution in [-0.4, -0.2) is 18.1 Å². The zero-order chi connectivity index (χ0) is 17.1. The number of aromatic nitrogens is 1. The van der Waals surface area contributed by atoms with Crippen LogP contribution < -0.4 is 10.5 Å². The second-order valence-electron chi connectivity index (χ2n) is 4.33. The number of ether oxygens (including phenoxy) is 2. The van der Waals surface area contributed by atoms with Crippen molar-refractivity contribution < 1.29 is 14.3 Å². The van der Waals surface area contributed by atoms with Gasteiger partial charge in [-0.3, -0.25) is 0 Å². The first-order valence-corrected chi connectivity index (χ1v) is 7.65.